The molecule has 0 aromatic carbocycles. The molecule has 3 heteroatoms. The predicted octanol–water partition coefficient (Wildman–Crippen LogP) is 1.62. The van der Waals surface area contributed by atoms with Gasteiger partial charge in [-0.05, 0) is 31.7 Å². The highest BCUT2D eigenvalue weighted by molar-refractivity contribution is 5.31. The summed E-state index contributed by atoms with van der Waals surface area (Å²) in [5.74, 6) is 1.72. The van der Waals surface area contributed by atoms with Crippen LogP contribution >= 0.6 is 0 Å². The van der Waals surface area contributed by atoms with Gasteiger partial charge in [0.2, 0.25) is 0 Å². The molecule has 1 aliphatic carbocycles. The van der Waals surface area contributed by atoms with Gasteiger partial charge in [0, 0.05) is 12.0 Å². The molecule has 13 heavy (non-hydrogen) atoms. The number of nitrogens with zero attached hydrogens (tertiary/aromatic N) is 1. The maximum absolute atomic E-state index is 5.57. The van der Waals surface area contributed by atoms with Crippen LogP contribution in [0.3, 0.4) is 0 Å². The zero-order valence-electron chi connectivity index (χ0n) is 8.05. The van der Waals surface area contributed by atoms with E-state index in [1.165, 1.54) is 12.0 Å². The molecule has 0 bridgehead atoms. The van der Waals surface area contributed by atoms with Crippen molar-refractivity contribution in [2.45, 2.75) is 38.5 Å². The van der Waals surface area contributed by atoms with E-state index >= 15 is 0 Å². The van der Waals surface area contributed by atoms with Crippen LogP contribution in [-0.4, -0.2) is 11.7 Å². The van der Waals surface area contributed by atoms with E-state index < -0.39 is 0 Å². The lowest BCUT2D eigenvalue weighted by molar-refractivity contribution is 0.379. The minimum Gasteiger partial charge on any atom is -0.361 e. The molecule has 2 N–H and O–H groups in total. The summed E-state index contributed by atoms with van der Waals surface area (Å²) in [6, 6.07) is 0. The van der Waals surface area contributed by atoms with Crippen molar-refractivity contribution >= 4 is 0 Å². The largest absolute Gasteiger partial charge is 0.361 e. The number of fused-ring (bicyclic) bond motifs is 1. The van der Waals surface area contributed by atoms with Crippen LogP contribution in [-0.2, 0) is 12.8 Å². The number of nitrogens with two attached hydrogens (primary N) is 1. The van der Waals surface area contributed by atoms with E-state index in [0.717, 1.165) is 37.3 Å². The standard InChI is InChI=1S/C10H16N2O/c1-2-8-10-7(5-6-11)3-4-9(10)13-12-8/h7H,2-6,11H2,1H3. The highest BCUT2D eigenvalue weighted by atomic mass is 16.5. The van der Waals surface area contributed by atoms with E-state index in [1.807, 2.05) is 0 Å². The summed E-state index contributed by atoms with van der Waals surface area (Å²) in [5.41, 5.74) is 8.09. The lowest BCUT2D eigenvalue weighted by Crippen LogP contribution is -2.06. The fourth-order valence-corrected chi connectivity index (χ4v) is 2.21. The van der Waals surface area contributed by atoms with Gasteiger partial charge >= 0.3 is 0 Å². The first-order valence-corrected chi connectivity index (χ1v) is 5.04. The Hall–Kier alpha value is -0.830. The van der Waals surface area contributed by atoms with Gasteiger partial charge in [-0.2, -0.15) is 0 Å². The summed E-state index contributed by atoms with van der Waals surface area (Å²) >= 11 is 0. The van der Waals surface area contributed by atoms with E-state index in [-0.39, 0.29) is 0 Å². The summed E-state index contributed by atoms with van der Waals surface area (Å²) in [7, 11) is 0. The Labute approximate surface area is 78.3 Å². The van der Waals surface area contributed by atoms with Crippen molar-refractivity contribution in [3.8, 4) is 0 Å². The Morgan fingerprint density at radius 2 is 2.46 bits per heavy atom. The number of rotatable bonds is 3. The maximum Gasteiger partial charge on any atom is 0.140 e. The fraction of sp³-hybridized carbons (Fsp3) is 0.700. The van der Waals surface area contributed by atoms with Crippen LogP contribution < -0.4 is 5.73 Å². The summed E-state index contributed by atoms with van der Waals surface area (Å²) in [6.07, 6.45) is 4.29. The molecule has 72 valence electrons. The van der Waals surface area contributed by atoms with Crippen LogP contribution in [0.25, 0.3) is 0 Å². The van der Waals surface area contributed by atoms with Crippen molar-refractivity contribution in [2.24, 2.45) is 5.73 Å². The van der Waals surface area contributed by atoms with Crippen molar-refractivity contribution < 1.29 is 4.52 Å². The second kappa shape index (κ2) is 3.50. The topological polar surface area (TPSA) is 52.0 Å². The van der Waals surface area contributed by atoms with E-state index in [1.54, 1.807) is 0 Å². The first-order chi connectivity index (χ1) is 6.36. The first kappa shape index (κ1) is 8.75. The molecule has 0 saturated carbocycles. The van der Waals surface area contributed by atoms with Gasteiger partial charge in [0.05, 0.1) is 5.69 Å². The third-order valence-corrected chi connectivity index (χ3v) is 2.86. The van der Waals surface area contributed by atoms with Crippen LogP contribution in [0.1, 0.15) is 42.7 Å². The van der Waals surface area contributed by atoms with Gasteiger partial charge in [-0.25, -0.2) is 0 Å². The lowest BCUT2D eigenvalue weighted by atomic mass is 9.97. The van der Waals surface area contributed by atoms with Crippen LogP contribution in [0.15, 0.2) is 4.52 Å². The van der Waals surface area contributed by atoms with Gasteiger partial charge in [0.25, 0.3) is 0 Å². The normalized spacial score (nSPS) is 20.6. The van der Waals surface area contributed by atoms with E-state index in [4.69, 9.17) is 10.3 Å². The molecule has 0 fully saturated rings. The molecule has 3 nitrogen and oxygen atoms in total. The molecular weight excluding hydrogens is 164 g/mol. The molecule has 1 aromatic rings. The molecule has 1 aromatic heterocycles. The van der Waals surface area contributed by atoms with Crippen LogP contribution in [0.2, 0.25) is 0 Å². The zero-order valence-corrected chi connectivity index (χ0v) is 8.05. The Morgan fingerprint density at radius 3 is 3.15 bits per heavy atom. The molecule has 0 amide bonds. The summed E-state index contributed by atoms with van der Waals surface area (Å²) in [5, 5.41) is 4.07. The molecule has 0 spiro atoms. The minimum atomic E-state index is 0.612. The maximum atomic E-state index is 5.57. The van der Waals surface area contributed by atoms with Crippen molar-refractivity contribution in [3.05, 3.63) is 17.0 Å². The average Bonchev–Trinajstić information content (AvgIpc) is 2.68. The monoisotopic (exact) mass is 180 g/mol. The zero-order chi connectivity index (χ0) is 9.26. The van der Waals surface area contributed by atoms with E-state index in [9.17, 15) is 0 Å². The average molecular weight is 180 g/mol. The molecule has 0 radical (unpaired) electrons. The smallest absolute Gasteiger partial charge is 0.140 e. The van der Waals surface area contributed by atoms with Crippen LogP contribution in [0, 0.1) is 0 Å². The van der Waals surface area contributed by atoms with Crippen LogP contribution in [0.4, 0.5) is 0 Å². The van der Waals surface area contributed by atoms with Crippen molar-refractivity contribution in [2.75, 3.05) is 6.54 Å². The van der Waals surface area contributed by atoms with E-state index in [2.05, 4.69) is 12.1 Å². The third-order valence-electron chi connectivity index (χ3n) is 2.86. The molecule has 2 rings (SSSR count). The van der Waals surface area contributed by atoms with Gasteiger partial charge in [0.15, 0.2) is 0 Å². The quantitative estimate of drug-likeness (QED) is 0.769. The van der Waals surface area contributed by atoms with Gasteiger partial charge in [0.1, 0.15) is 5.76 Å². The van der Waals surface area contributed by atoms with Gasteiger partial charge in [-0.1, -0.05) is 12.1 Å². The van der Waals surface area contributed by atoms with Crippen molar-refractivity contribution in [3.63, 3.8) is 0 Å². The molecule has 1 aliphatic rings. The fourth-order valence-electron chi connectivity index (χ4n) is 2.21. The SMILES string of the molecule is CCc1noc2c1C(CCN)CC2. The van der Waals surface area contributed by atoms with Gasteiger partial charge in [-0.15, -0.1) is 0 Å². The predicted molar refractivity (Wildman–Crippen MR) is 50.6 cm³/mol. The number of aromatic nitrogens is 1. The first-order valence-electron chi connectivity index (χ1n) is 5.04. The lowest BCUT2D eigenvalue weighted by Gasteiger charge is -2.07. The number of hydrogen-bond donors (Lipinski definition) is 1. The minimum absolute atomic E-state index is 0.612. The summed E-state index contributed by atoms with van der Waals surface area (Å²) in [6.45, 7) is 2.88. The Balaban J connectivity index is 2.27. The second-order valence-corrected chi connectivity index (χ2v) is 3.63. The number of aryl methyl sites for hydroxylation is 2. The van der Waals surface area contributed by atoms with E-state index in [0.29, 0.717) is 5.92 Å². The van der Waals surface area contributed by atoms with Gasteiger partial charge < -0.3 is 10.3 Å². The summed E-state index contributed by atoms with van der Waals surface area (Å²) in [4.78, 5) is 0. The second-order valence-electron chi connectivity index (χ2n) is 3.63. The molecule has 1 atom stereocenters. The van der Waals surface area contributed by atoms with Crippen molar-refractivity contribution in [1.29, 1.82) is 0 Å². The Morgan fingerprint density at radius 1 is 1.62 bits per heavy atom. The van der Waals surface area contributed by atoms with Gasteiger partial charge in [-0.3, -0.25) is 0 Å². The highest BCUT2D eigenvalue weighted by Gasteiger charge is 2.28. The molecular formula is C10H16N2O. The molecule has 1 heterocycles. The Bertz CT molecular complexity index is 293. The van der Waals surface area contributed by atoms with Crippen LogP contribution in [0.5, 0.6) is 0 Å². The number of hydrogen-bond acceptors (Lipinski definition) is 3. The molecule has 0 aliphatic heterocycles. The highest BCUT2D eigenvalue weighted by Crippen LogP contribution is 2.37. The summed E-state index contributed by atoms with van der Waals surface area (Å²) < 4.78 is 5.28. The Kier molecular flexibility index (Phi) is 2.36. The third kappa shape index (κ3) is 1.37. The molecule has 0 saturated heterocycles. The molecule has 1 unspecified atom stereocenters. The van der Waals surface area contributed by atoms with Crippen molar-refractivity contribution in [1.82, 2.24) is 5.16 Å².